The normalized spacial score (nSPS) is 20.6. The maximum atomic E-state index is 3.83. The van der Waals surface area contributed by atoms with Gasteiger partial charge in [-0.05, 0) is 48.8 Å². The van der Waals surface area contributed by atoms with Crippen LogP contribution in [0.5, 0.6) is 0 Å². The number of fused-ring (bicyclic) bond motifs is 1. The van der Waals surface area contributed by atoms with Crippen molar-refractivity contribution in [2.45, 2.75) is 44.7 Å². The number of rotatable bonds is 3. The first-order valence-electron chi connectivity index (χ1n) is 7.22. The van der Waals surface area contributed by atoms with Crippen LogP contribution >= 0.6 is 11.3 Å². The van der Waals surface area contributed by atoms with Gasteiger partial charge in [0.05, 0.1) is 0 Å². The van der Waals surface area contributed by atoms with Gasteiger partial charge in [0, 0.05) is 17.0 Å². The number of hydrogen-bond acceptors (Lipinski definition) is 2. The van der Waals surface area contributed by atoms with E-state index in [0.717, 1.165) is 0 Å². The molecule has 0 radical (unpaired) electrons. The first-order valence-corrected chi connectivity index (χ1v) is 8.10. The van der Waals surface area contributed by atoms with Crippen molar-refractivity contribution in [1.29, 1.82) is 0 Å². The van der Waals surface area contributed by atoms with Gasteiger partial charge in [-0.25, -0.2) is 0 Å². The molecule has 3 rings (SSSR count). The lowest BCUT2D eigenvalue weighted by molar-refractivity contribution is 0.441. The zero-order valence-corrected chi connectivity index (χ0v) is 12.2. The highest BCUT2D eigenvalue weighted by atomic mass is 32.1. The Labute approximate surface area is 119 Å². The van der Waals surface area contributed by atoms with E-state index in [-0.39, 0.29) is 0 Å². The maximum absolute atomic E-state index is 3.83. The van der Waals surface area contributed by atoms with Gasteiger partial charge in [0.2, 0.25) is 0 Å². The number of aryl methyl sites for hydroxylation is 1. The van der Waals surface area contributed by atoms with Crippen LogP contribution in [-0.4, -0.2) is 0 Å². The Kier molecular flexibility index (Phi) is 4.00. The smallest absolute Gasteiger partial charge is 0.0391 e. The minimum absolute atomic E-state index is 0.441. The van der Waals surface area contributed by atoms with Crippen LogP contribution < -0.4 is 5.32 Å². The Morgan fingerprint density at radius 2 is 2.05 bits per heavy atom. The van der Waals surface area contributed by atoms with Gasteiger partial charge in [0.1, 0.15) is 0 Å². The van der Waals surface area contributed by atoms with Gasteiger partial charge in [-0.1, -0.05) is 36.8 Å². The topological polar surface area (TPSA) is 12.0 Å². The first kappa shape index (κ1) is 12.9. The zero-order chi connectivity index (χ0) is 13.1. The molecule has 1 unspecified atom stereocenters. The zero-order valence-electron chi connectivity index (χ0n) is 11.4. The highest BCUT2D eigenvalue weighted by molar-refractivity contribution is 7.10. The molecular weight excluding hydrogens is 250 g/mol. The standard InChI is InChI=1S/C17H21NS/c1-13(17-11-6-12-19-17)18-16-10-5-3-8-14-7-2-4-9-15(14)16/h2,4,6-7,9,11-13,16,18H,3,5,8,10H2,1H3/t13-,16?/m0/s1. The van der Waals surface area contributed by atoms with Crippen molar-refractivity contribution in [3.05, 3.63) is 57.8 Å². The third-order valence-corrected chi connectivity index (χ3v) is 5.10. The summed E-state index contributed by atoms with van der Waals surface area (Å²) in [6.45, 7) is 2.28. The van der Waals surface area contributed by atoms with E-state index in [1.54, 1.807) is 0 Å². The predicted octanol–water partition coefficient (Wildman–Crippen LogP) is 4.87. The predicted molar refractivity (Wildman–Crippen MR) is 82.6 cm³/mol. The summed E-state index contributed by atoms with van der Waals surface area (Å²) in [4.78, 5) is 1.43. The number of benzene rings is 1. The Morgan fingerprint density at radius 3 is 2.89 bits per heavy atom. The van der Waals surface area contributed by atoms with Gasteiger partial charge in [0.25, 0.3) is 0 Å². The molecule has 1 N–H and O–H groups in total. The van der Waals surface area contributed by atoms with E-state index in [0.29, 0.717) is 12.1 Å². The Balaban J connectivity index is 1.80. The summed E-state index contributed by atoms with van der Waals surface area (Å²) in [5.74, 6) is 0. The monoisotopic (exact) mass is 271 g/mol. The summed E-state index contributed by atoms with van der Waals surface area (Å²) >= 11 is 1.84. The van der Waals surface area contributed by atoms with Crippen LogP contribution in [0.25, 0.3) is 0 Å². The van der Waals surface area contributed by atoms with Crippen LogP contribution in [-0.2, 0) is 6.42 Å². The Morgan fingerprint density at radius 1 is 1.16 bits per heavy atom. The molecule has 0 fully saturated rings. The molecule has 0 aliphatic heterocycles. The van der Waals surface area contributed by atoms with Crippen molar-refractivity contribution in [3.63, 3.8) is 0 Å². The average molecular weight is 271 g/mol. The molecular formula is C17H21NS. The molecule has 2 aromatic rings. The Bertz CT molecular complexity index is 518. The summed E-state index contributed by atoms with van der Waals surface area (Å²) in [5, 5.41) is 5.99. The molecule has 100 valence electrons. The van der Waals surface area contributed by atoms with Crippen LogP contribution in [0.15, 0.2) is 41.8 Å². The van der Waals surface area contributed by atoms with Gasteiger partial charge in [-0.3, -0.25) is 0 Å². The fraction of sp³-hybridized carbons (Fsp3) is 0.412. The molecule has 2 heteroatoms. The maximum Gasteiger partial charge on any atom is 0.0391 e. The third kappa shape index (κ3) is 2.90. The minimum atomic E-state index is 0.441. The van der Waals surface area contributed by atoms with Crippen LogP contribution in [0.1, 0.15) is 54.3 Å². The second-order valence-corrected chi connectivity index (χ2v) is 6.38. The molecule has 0 saturated heterocycles. The molecule has 0 bridgehead atoms. The van der Waals surface area contributed by atoms with E-state index in [2.05, 4.69) is 54.0 Å². The molecule has 1 aliphatic rings. The summed E-state index contributed by atoms with van der Waals surface area (Å²) < 4.78 is 0. The van der Waals surface area contributed by atoms with Crippen molar-refractivity contribution in [2.24, 2.45) is 0 Å². The van der Waals surface area contributed by atoms with Gasteiger partial charge in [-0.15, -0.1) is 11.3 Å². The second kappa shape index (κ2) is 5.89. The molecule has 0 saturated carbocycles. The molecule has 19 heavy (non-hydrogen) atoms. The lowest BCUT2D eigenvalue weighted by Crippen LogP contribution is -2.24. The van der Waals surface area contributed by atoms with E-state index < -0.39 is 0 Å². The fourth-order valence-corrected chi connectivity index (χ4v) is 3.76. The molecule has 0 amide bonds. The summed E-state index contributed by atoms with van der Waals surface area (Å²) in [6, 6.07) is 14.3. The SMILES string of the molecule is C[C@H](NC1CCCCc2ccccc21)c1cccs1. The van der Waals surface area contributed by atoms with E-state index in [4.69, 9.17) is 0 Å². The molecule has 1 nitrogen and oxygen atoms in total. The molecule has 1 aliphatic carbocycles. The fourth-order valence-electron chi connectivity index (χ4n) is 3.02. The van der Waals surface area contributed by atoms with Gasteiger partial charge in [0.15, 0.2) is 0 Å². The molecule has 0 spiro atoms. The second-order valence-electron chi connectivity index (χ2n) is 5.40. The minimum Gasteiger partial charge on any atom is -0.303 e. The lowest BCUT2D eigenvalue weighted by atomic mass is 9.98. The summed E-state index contributed by atoms with van der Waals surface area (Å²) in [7, 11) is 0. The van der Waals surface area contributed by atoms with Crippen LogP contribution in [0.4, 0.5) is 0 Å². The number of hydrogen-bond donors (Lipinski definition) is 1. The van der Waals surface area contributed by atoms with Crippen molar-refractivity contribution in [3.8, 4) is 0 Å². The van der Waals surface area contributed by atoms with Gasteiger partial charge in [-0.2, -0.15) is 0 Å². The van der Waals surface area contributed by atoms with Crippen molar-refractivity contribution < 1.29 is 0 Å². The lowest BCUT2D eigenvalue weighted by Gasteiger charge is -2.23. The van der Waals surface area contributed by atoms with Gasteiger partial charge >= 0.3 is 0 Å². The van der Waals surface area contributed by atoms with E-state index >= 15 is 0 Å². The molecule has 2 atom stereocenters. The Hall–Kier alpha value is -1.12. The summed E-state index contributed by atoms with van der Waals surface area (Å²) in [6.07, 6.45) is 5.14. The van der Waals surface area contributed by atoms with E-state index in [9.17, 15) is 0 Å². The van der Waals surface area contributed by atoms with Crippen LogP contribution in [0.2, 0.25) is 0 Å². The highest BCUT2D eigenvalue weighted by Gasteiger charge is 2.20. The van der Waals surface area contributed by atoms with Gasteiger partial charge < -0.3 is 5.32 Å². The molecule has 1 aromatic heterocycles. The summed E-state index contributed by atoms with van der Waals surface area (Å²) in [5.41, 5.74) is 3.05. The largest absolute Gasteiger partial charge is 0.303 e. The van der Waals surface area contributed by atoms with E-state index in [1.165, 1.54) is 41.7 Å². The van der Waals surface area contributed by atoms with E-state index in [1.807, 2.05) is 11.3 Å². The number of nitrogens with one attached hydrogen (secondary N) is 1. The third-order valence-electron chi connectivity index (χ3n) is 4.04. The van der Waals surface area contributed by atoms with Crippen molar-refractivity contribution in [2.75, 3.05) is 0 Å². The highest BCUT2D eigenvalue weighted by Crippen LogP contribution is 2.31. The molecule has 1 heterocycles. The molecule has 1 aromatic carbocycles. The van der Waals surface area contributed by atoms with Crippen LogP contribution in [0.3, 0.4) is 0 Å². The van der Waals surface area contributed by atoms with Crippen molar-refractivity contribution in [1.82, 2.24) is 5.32 Å². The number of thiophene rings is 1. The first-order chi connectivity index (χ1) is 9.34. The van der Waals surface area contributed by atoms with Crippen LogP contribution in [0, 0.1) is 0 Å². The average Bonchev–Trinajstić information content (AvgIpc) is 2.90. The van der Waals surface area contributed by atoms with Crippen molar-refractivity contribution >= 4 is 11.3 Å². The quantitative estimate of drug-likeness (QED) is 0.786.